The second-order valence-electron chi connectivity index (χ2n) is 5.74. The number of methoxy groups -OCH3 is 1. The summed E-state index contributed by atoms with van der Waals surface area (Å²) in [5, 5.41) is 0. The Morgan fingerprint density at radius 1 is 1.22 bits per heavy atom. The van der Waals surface area contributed by atoms with Crippen LogP contribution in [0.5, 0.6) is 5.75 Å². The van der Waals surface area contributed by atoms with E-state index in [0.29, 0.717) is 24.4 Å². The van der Waals surface area contributed by atoms with Crippen molar-refractivity contribution < 1.29 is 9.53 Å². The van der Waals surface area contributed by atoms with Crippen LogP contribution < -0.4 is 10.5 Å². The number of nitrogens with two attached hydrogens (primary N) is 1. The monoisotopic (exact) mass is 374 g/mol. The van der Waals surface area contributed by atoms with Crippen molar-refractivity contribution in [1.82, 2.24) is 4.90 Å². The minimum Gasteiger partial charge on any atom is -0.496 e. The maximum atomic E-state index is 12.8. The molecule has 23 heavy (non-hydrogen) atoms. The number of carbonyl (C=O) groups excluding carboxylic acids is 1. The molecule has 2 atom stereocenters. The van der Waals surface area contributed by atoms with Gasteiger partial charge in [-0.1, -0.05) is 46.3 Å². The Morgan fingerprint density at radius 3 is 2.65 bits per heavy atom. The van der Waals surface area contributed by atoms with Gasteiger partial charge >= 0.3 is 0 Å². The third-order valence-corrected chi connectivity index (χ3v) is 4.77. The van der Waals surface area contributed by atoms with Gasteiger partial charge < -0.3 is 15.4 Å². The van der Waals surface area contributed by atoms with E-state index in [1.807, 2.05) is 29.2 Å². The molecule has 2 aromatic rings. The molecule has 1 heterocycles. The number of rotatable bonds is 3. The van der Waals surface area contributed by atoms with Gasteiger partial charge in [-0.2, -0.15) is 0 Å². The van der Waals surface area contributed by atoms with E-state index in [1.54, 1.807) is 19.2 Å². The first-order valence-electron chi connectivity index (χ1n) is 7.53. The maximum absolute atomic E-state index is 12.8. The lowest BCUT2D eigenvalue weighted by atomic mass is 9.95. The number of hydrogen-bond acceptors (Lipinski definition) is 3. The lowest BCUT2D eigenvalue weighted by Crippen LogP contribution is -2.32. The average molecular weight is 375 g/mol. The predicted octanol–water partition coefficient (Wildman–Crippen LogP) is 3.02. The fourth-order valence-electron chi connectivity index (χ4n) is 3.06. The van der Waals surface area contributed by atoms with Crippen molar-refractivity contribution in [2.45, 2.75) is 12.0 Å². The number of ether oxygens (including phenoxy) is 1. The van der Waals surface area contributed by atoms with Crippen LogP contribution in [0.3, 0.4) is 0 Å². The number of carbonyl (C=O) groups is 1. The quantitative estimate of drug-likeness (QED) is 0.897. The molecule has 1 saturated heterocycles. The van der Waals surface area contributed by atoms with E-state index in [0.717, 1.165) is 4.47 Å². The molecule has 0 unspecified atom stereocenters. The number of likely N-dealkylation sites (tertiary alicyclic amines) is 1. The summed E-state index contributed by atoms with van der Waals surface area (Å²) in [6.45, 7) is 1.18. The minimum atomic E-state index is -0.0530. The molecule has 2 N–H and O–H groups in total. The van der Waals surface area contributed by atoms with Crippen molar-refractivity contribution in [1.29, 1.82) is 0 Å². The third-order valence-electron chi connectivity index (χ3n) is 4.27. The number of hydrogen-bond donors (Lipinski definition) is 1. The van der Waals surface area contributed by atoms with Gasteiger partial charge in [-0.05, 0) is 23.8 Å². The van der Waals surface area contributed by atoms with E-state index in [4.69, 9.17) is 10.5 Å². The summed E-state index contributed by atoms with van der Waals surface area (Å²) >= 11 is 3.39. The normalized spacial score (nSPS) is 20.6. The Bertz CT molecular complexity index is 705. The summed E-state index contributed by atoms with van der Waals surface area (Å²) in [4.78, 5) is 14.6. The SMILES string of the molecule is COc1cc(Br)ccc1C(=O)N1C[C@@H](N)[C@H](c2ccccc2)C1. The summed E-state index contributed by atoms with van der Waals surface area (Å²) in [7, 11) is 1.57. The Balaban J connectivity index is 1.82. The summed E-state index contributed by atoms with van der Waals surface area (Å²) in [5.41, 5.74) is 8.02. The van der Waals surface area contributed by atoms with Gasteiger partial charge in [-0.15, -0.1) is 0 Å². The van der Waals surface area contributed by atoms with Crippen molar-refractivity contribution >= 4 is 21.8 Å². The Labute approximate surface area is 144 Å². The van der Waals surface area contributed by atoms with Gasteiger partial charge in [0.05, 0.1) is 12.7 Å². The molecular formula is C18H19BrN2O2. The summed E-state index contributed by atoms with van der Waals surface area (Å²) in [6.07, 6.45) is 0. The summed E-state index contributed by atoms with van der Waals surface area (Å²) < 4.78 is 6.22. The van der Waals surface area contributed by atoms with Crippen molar-refractivity contribution in [2.24, 2.45) is 5.73 Å². The van der Waals surface area contributed by atoms with E-state index < -0.39 is 0 Å². The molecule has 1 amide bonds. The van der Waals surface area contributed by atoms with E-state index in [-0.39, 0.29) is 17.9 Å². The zero-order valence-electron chi connectivity index (χ0n) is 12.9. The van der Waals surface area contributed by atoms with Gasteiger partial charge in [0.25, 0.3) is 5.91 Å². The lowest BCUT2D eigenvalue weighted by Gasteiger charge is -2.18. The first-order valence-corrected chi connectivity index (χ1v) is 8.33. The highest BCUT2D eigenvalue weighted by Crippen LogP contribution is 2.30. The number of halogens is 1. The molecule has 0 aliphatic carbocycles. The van der Waals surface area contributed by atoms with Crippen LogP contribution in [-0.4, -0.2) is 37.0 Å². The van der Waals surface area contributed by atoms with E-state index in [1.165, 1.54) is 5.56 Å². The number of amides is 1. The van der Waals surface area contributed by atoms with Crippen LogP contribution in [0.2, 0.25) is 0 Å². The lowest BCUT2D eigenvalue weighted by molar-refractivity contribution is 0.0786. The highest BCUT2D eigenvalue weighted by Gasteiger charge is 2.34. The Morgan fingerprint density at radius 2 is 1.96 bits per heavy atom. The maximum Gasteiger partial charge on any atom is 0.257 e. The second kappa shape index (κ2) is 6.72. The molecule has 0 saturated carbocycles. The van der Waals surface area contributed by atoms with Crippen LogP contribution in [0.1, 0.15) is 21.8 Å². The first kappa shape index (κ1) is 16.0. The fraction of sp³-hybridized carbons (Fsp3) is 0.278. The molecule has 0 bridgehead atoms. The molecule has 1 aliphatic rings. The van der Waals surface area contributed by atoms with Gasteiger partial charge in [-0.25, -0.2) is 0 Å². The van der Waals surface area contributed by atoms with Crippen LogP contribution in [-0.2, 0) is 0 Å². The molecule has 5 heteroatoms. The van der Waals surface area contributed by atoms with Crippen LogP contribution in [0, 0.1) is 0 Å². The standard InChI is InChI=1S/C18H19BrN2O2/c1-23-17-9-13(19)7-8-14(17)18(22)21-10-15(16(20)11-21)12-5-3-2-4-6-12/h2-9,15-16H,10-11,20H2,1H3/t15-,16+/m0/s1. The van der Waals surface area contributed by atoms with Crippen LogP contribution in [0.4, 0.5) is 0 Å². The number of nitrogens with zero attached hydrogens (tertiary/aromatic N) is 1. The van der Waals surface area contributed by atoms with Gasteiger partial charge in [0.1, 0.15) is 5.75 Å². The van der Waals surface area contributed by atoms with Crippen molar-refractivity contribution in [3.05, 3.63) is 64.1 Å². The summed E-state index contributed by atoms with van der Waals surface area (Å²) in [6, 6.07) is 15.5. The van der Waals surface area contributed by atoms with Crippen LogP contribution in [0.25, 0.3) is 0 Å². The second-order valence-corrected chi connectivity index (χ2v) is 6.65. The third kappa shape index (κ3) is 3.26. The first-order chi connectivity index (χ1) is 11.1. The fourth-order valence-corrected chi connectivity index (χ4v) is 3.40. The highest BCUT2D eigenvalue weighted by atomic mass is 79.9. The predicted molar refractivity (Wildman–Crippen MR) is 93.8 cm³/mol. The molecule has 1 fully saturated rings. The van der Waals surface area contributed by atoms with Crippen molar-refractivity contribution in [3.8, 4) is 5.75 Å². The zero-order valence-corrected chi connectivity index (χ0v) is 14.5. The molecule has 0 aromatic heterocycles. The topological polar surface area (TPSA) is 55.6 Å². The minimum absolute atomic E-state index is 0.0387. The Kier molecular flexibility index (Phi) is 4.68. The van der Waals surface area contributed by atoms with Gasteiger partial charge in [0, 0.05) is 29.5 Å². The molecule has 0 spiro atoms. The zero-order chi connectivity index (χ0) is 16.4. The van der Waals surface area contributed by atoms with E-state index >= 15 is 0 Å². The van der Waals surface area contributed by atoms with Gasteiger partial charge in [-0.3, -0.25) is 4.79 Å². The van der Waals surface area contributed by atoms with Gasteiger partial charge in [0.15, 0.2) is 0 Å². The van der Waals surface area contributed by atoms with E-state index in [9.17, 15) is 4.79 Å². The molecule has 120 valence electrons. The number of benzene rings is 2. The van der Waals surface area contributed by atoms with E-state index in [2.05, 4.69) is 28.1 Å². The van der Waals surface area contributed by atoms with Crippen LogP contribution >= 0.6 is 15.9 Å². The highest BCUT2D eigenvalue weighted by molar-refractivity contribution is 9.10. The molecule has 2 aromatic carbocycles. The van der Waals surface area contributed by atoms with Gasteiger partial charge in [0.2, 0.25) is 0 Å². The largest absolute Gasteiger partial charge is 0.496 e. The smallest absolute Gasteiger partial charge is 0.257 e. The molecule has 3 rings (SSSR count). The average Bonchev–Trinajstić information content (AvgIpc) is 2.96. The van der Waals surface area contributed by atoms with Crippen molar-refractivity contribution in [2.75, 3.05) is 20.2 Å². The Hall–Kier alpha value is -1.85. The molecule has 4 nitrogen and oxygen atoms in total. The van der Waals surface area contributed by atoms with Crippen LogP contribution in [0.15, 0.2) is 53.0 Å². The van der Waals surface area contributed by atoms with Crippen molar-refractivity contribution in [3.63, 3.8) is 0 Å². The summed E-state index contributed by atoms with van der Waals surface area (Å²) in [5.74, 6) is 0.700. The molecule has 0 radical (unpaired) electrons. The molecular weight excluding hydrogens is 356 g/mol. The molecule has 1 aliphatic heterocycles.